The molecule has 0 radical (unpaired) electrons. The number of benzene rings is 1. The number of hydrogen-bond acceptors (Lipinski definition) is 2. The van der Waals surface area contributed by atoms with Gasteiger partial charge in [-0.05, 0) is 43.5 Å². The van der Waals surface area contributed by atoms with Crippen LogP contribution in [0.1, 0.15) is 18.9 Å². The maximum atomic E-state index is 5.90. The largest absolute Gasteiger partial charge is 0.489 e. The summed E-state index contributed by atoms with van der Waals surface area (Å²) in [6.45, 7) is 1.98. The first kappa shape index (κ1) is 9.81. The lowest BCUT2D eigenvalue weighted by Crippen LogP contribution is -2.38. The van der Waals surface area contributed by atoms with Crippen molar-refractivity contribution in [1.82, 2.24) is 0 Å². The number of fused-ring (bicyclic) bond motifs is 1. The molecule has 2 rings (SSSR count). The number of nitrogens with two attached hydrogens (primary N) is 1. The van der Waals surface area contributed by atoms with Gasteiger partial charge in [0, 0.05) is 11.1 Å². The number of aryl methyl sites for hydroxylation is 1. The van der Waals surface area contributed by atoms with Crippen LogP contribution in [0.5, 0.6) is 5.75 Å². The molecule has 1 heterocycles. The SMILES string of the molecule is CC(N)C1CCc2cc(Cl)ccc2O1. The molecule has 2 N–H and O–H groups in total. The van der Waals surface area contributed by atoms with Gasteiger partial charge in [-0.15, -0.1) is 0 Å². The summed E-state index contributed by atoms with van der Waals surface area (Å²) < 4.78 is 5.76. The van der Waals surface area contributed by atoms with Crippen LogP contribution in [-0.2, 0) is 6.42 Å². The molecule has 0 fully saturated rings. The van der Waals surface area contributed by atoms with E-state index >= 15 is 0 Å². The van der Waals surface area contributed by atoms with Gasteiger partial charge in [0.1, 0.15) is 11.9 Å². The first-order chi connectivity index (χ1) is 6.66. The molecule has 2 nitrogen and oxygen atoms in total. The van der Waals surface area contributed by atoms with E-state index in [4.69, 9.17) is 22.1 Å². The van der Waals surface area contributed by atoms with Gasteiger partial charge in [-0.1, -0.05) is 11.6 Å². The van der Waals surface area contributed by atoms with Gasteiger partial charge in [0.15, 0.2) is 0 Å². The minimum Gasteiger partial charge on any atom is -0.489 e. The third kappa shape index (κ3) is 1.86. The van der Waals surface area contributed by atoms with E-state index in [0.29, 0.717) is 0 Å². The Morgan fingerprint density at radius 1 is 1.57 bits per heavy atom. The van der Waals surface area contributed by atoms with Gasteiger partial charge in [0.2, 0.25) is 0 Å². The van der Waals surface area contributed by atoms with Crippen LogP contribution >= 0.6 is 11.6 Å². The standard InChI is InChI=1S/C11H14ClNO/c1-7(13)10-4-2-8-6-9(12)3-5-11(8)14-10/h3,5-7,10H,2,4,13H2,1H3. The molecule has 1 aliphatic heterocycles. The Bertz CT molecular complexity index is 338. The molecule has 1 aromatic carbocycles. The van der Waals surface area contributed by atoms with Crippen LogP contribution in [0, 0.1) is 0 Å². The lowest BCUT2D eigenvalue weighted by molar-refractivity contribution is 0.151. The Morgan fingerprint density at radius 3 is 3.07 bits per heavy atom. The molecular weight excluding hydrogens is 198 g/mol. The van der Waals surface area contributed by atoms with E-state index in [1.165, 1.54) is 5.56 Å². The van der Waals surface area contributed by atoms with Crippen LogP contribution in [-0.4, -0.2) is 12.1 Å². The van der Waals surface area contributed by atoms with E-state index in [9.17, 15) is 0 Å². The third-order valence-corrected chi connectivity index (χ3v) is 2.82. The van der Waals surface area contributed by atoms with E-state index < -0.39 is 0 Å². The maximum absolute atomic E-state index is 5.90. The lowest BCUT2D eigenvalue weighted by atomic mass is 9.99. The van der Waals surface area contributed by atoms with Crippen molar-refractivity contribution in [3.8, 4) is 5.75 Å². The molecule has 0 aromatic heterocycles. The van der Waals surface area contributed by atoms with E-state index in [1.54, 1.807) is 0 Å². The average Bonchev–Trinajstić information content (AvgIpc) is 2.16. The Morgan fingerprint density at radius 2 is 2.36 bits per heavy atom. The van der Waals surface area contributed by atoms with Gasteiger partial charge < -0.3 is 10.5 Å². The maximum Gasteiger partial charge on any atom is 0.123 e. The van der Waals surface area contributed by atoms with Crippen LogP contribution in [0.3, 0.4) is 0 Å². The molecule has 0 saturated heterocycles. The Balaban J connectivity index is 2.23. The van der Waals surface area contributed by atoms with E-state index in [-0.39, 0.29) is 12.1 Å². The topological polar surface area (TPSA) is 35.2 Å². The summed E-state index contributed by atoms with van der Waals surface area (Å²) in [5.74, 6) is 0.933. The molecule has 0 aliphatic carbocycles. The van der Waals surface area contributed by atoms with Gasteiger partial charge in [0.05, 0.1) is 0 Å². The fourth-order valence-corrected chi connectivity index (χ4v) is 1.94. The summed E-state index contributed by atoms with van der Waals surface area (Å²) in [5.41, 5.74) is 6.99. The van der Waals surface area contributed by atoms with Crippen molar-refractivity contribution in [2.45, 2.75) is 31.9 Å². The molecule has 1 aliphatic rings. The quantitative estimate of drug-likeness (QED) is 0.774. The zero-order chi connectivity index (χ0) is 10.1. The normalized spacial score (nSPS) is 22.4. The predicted octanol–water partition coefficient (Wildman–Crippen LogP) is 2.38. The van der Waals surface area contributed by atoms with Gasteiger partial charge in [0.25, 0.3) is 0 Å². The average molecular weight is 212 g/mol. The highest BCUT2D eigenvalue weighted by Crippen LogP contribution is 2.30. The molecule has 1 aromatic rings. The van der Waals surface area contributed by atoms with Gasteiger partial charge in [-0.3, -0.25) is 0 Å². The molecule has 2 unspecified atom stereocenters. The van der Waals surface area contributed by atoms with Gasteiger partial charge in [-0.2, -0.15) is 0 Å². The highest BCUT2D eigenvalue weighted by molar-refractivity contribution is 6.30. The van der Waals surface area contributed by atoms with E-state index in [0.717, 1.165) is 23.6 Å². The minimum absolute atomic E-state index is 0.0822. The number of hydrogen-bond donors (Lipinski definition) is 1. The fourth-order valence-electron chi connectivity index (χ4n) is 1.75. The summed E-state index contributed by atoms with van der Waals surface area (Å²) in [4.78, 5) is 0. The number of halogens is 1. The van der Waals surface area contributed by atoms with E-state index in [2.05, 4.69) is 0 Å². The monoisotopic (exact) mass is 211 g/mol. The van der Waals surface area contributed by atoms with Crippen LogP contribution in [0.2, 0.25) is 5.02 Å². The zero-order valence-electron chi connectivity index (χ0n) is 8.16. The smallest absolute Gasteiger partial charge is 0.123 e. The zero-order valence-corrected chi connectivity index (χ0v) is 8.92. The highest BCUT2D eigenvalue weighted by atomic mass is 35.5. The lowest BCUT2D eigenvalue weighted by Gasteiger charge is -2.28. The molecule has 0 amide bonds. The third-order valence-electron chi connectivity index (χ3n) is 2.59. The Labute approximate surface area is 89.0 Å². The first-order valence-electron chi connectivity index (χ1n) is 4.87. The molecule has 2 atom stereocenters. The van der Waals surface area contributed by atoms with Crippen molar-refractivity contribution in [3.63, 3.8) is 0 Å². The first-order valence-corrected chi connectivity index (χ1v) is 5.25. The predicted molar refractivity (Wildman–Crippen MR) is 57.8 cm³/mol. The number of ether oxygens (including phenoxy) is 1. The van der Waals surface area contributed by atoms with Gasteiger partial charge in [-0.25, -0.2) is 0 Å². The molecule has 0 spiro atoms. The van der Waals surface area contributed by atoms with Crippen LogP contribution < -0.4 is 10.5 Å². The van der Waals surface area contributed by atoms with Crippen molar-refractivity contribution in [2.75, 3.05) is 0 Å². The Kier molecular flexibility index (Phi) is 2.66. The fraction of sp³-hybridized carbons (Fsp3) is 0.455. The highest BCUT2D eigenvalue weighted by Gasteiger charge is 2.22. The van der Waals surface area contributed by atoms with Gasteiger partial charge >= 0.3 is 0 Å². The second kappa shape index (κ2) is 3.79. The molecule has 0 bridgehead atoms. The van der Waals surface area contributed by atoms with Crippen molar-refractivity contribution in [2.24, 2.45) is 5.73 Å². The van der Waals surface area contributed by atoms with Crippen molar-refractivity contribution in [3.05, 3.63) is 28.8 Å². The van der Waals surface area contributed by atoms with Crippen molar-refractivity contribution >= 4 is 11.6 Å². The second-order valence-electron chi connectivity index (χ2n) is 3.81. The summed E-state index contributed by atoms with van der Waals surface area (Å²) in [6.07, 6.45) is 2.12. The molecular formula is C11H14ClNO. The summed E-state index contributed by atoms with van der Waals surface area (Å²) in [7, 11) is 0. The molecule has 3 heteroatoms. The molecule has 0 saturated carbocycles. The van der Waals surface area contributed by atoms with Crippen LogP contribution in [0.25, 0.3) is 0 Å². The molecule has 76 valence electrons. The summed E-state index contributed by atoms with van der Waals surface area (Å²) in [5, 5.41) is 0.770. The van der Waals surface area contributed by atoms with Crippen LogP contribution in [0.4, 0.5) is 0 Å². The second-order valence-corrected chi connectivity index (χ2v) is 4.24. The van der Waals surface area contributed by atoms with E-state index in [1.807, 2.05) is 25.1 Å². The van der Waals surface area contributed by atoms with Crippen molar-refractivity contribution in [1.29, 1.82) is 0 Å². The number of rotatable bonds is 1. The Hall–Kier alpha value is -0.730. The van der Waals surface area contributed by atoms with Crippen LogP contribution in [0.15, 0.2) is 18.2 Å². The minimum atomic E-state index is 0.0822. The summed E-state index contributed by atoms with van der Waals surface area (Å²) >= 11 is 5.90. The van der Waals surface area contributed by atoms with Crippen molar-refractivity contribution < 1.29 is 4.74 Å². The summed E-state index contributed by atoms with van der Waals surface area (Å²) in [6, 6.07) is 5.82. The molecule has 14 heavy (non-hydrogen) atoms.